The number of halogens is 1. The van der Waals surface area contributed by atoms with Crippen molar-refractivity contribution in [1.29, 1.82) is 0 Å². The van der Waals surface area contributed by atoms with Gasteiger partial charge in [-0.05, 0) is 22.6 Å². The maximum atomic E-state index is 8.72. The van der Waals surface area contributed by atoms with E-state index in [0.717, 1.165) is 9.39 Å². The summed E-state index contributed by atoms with van der Waals surface area (Å²) in [4.78, 5) is 3.98. The molecule has 0 spiro atoms. The van der Waals surface area contributed by atoms with Gasteiger partial charge >= 0.3 is 0 Å². The van der Waals surface area contributed by atoms with Crippen molar-refractivity contribution >= 4 is 22.6 Å². The largest absolute Gasteiger partial charge is 0.390 e. The number of imidazole rings is 1. The molecule has 1 heterocycles. The zero-order valence-electron chi connectivity index (χ0n) is 5.00. The third kappa shape index (κ3) is 1.24. The van der Waals surface area contributed by atoms with E-state index in [0.29, 0.717) is 0 Å². The standard InChI is InChI=1S/C5H7IN2O/c1-8-3-7-5(6)4(8)2-9/h3,9H,2H2,1H3. The molecule has 0 aliphatic carbocycles. The lowest BCUT2D eigenvalue weighted by Gasteiger charge is -1.94. The van der Waals surface area contributed by atoms with Gasteiger partial charge in [-0.15, -0.1) is 0 Å². The van der Waals surface area contributed by atoms with Crippen molar-refractivity contribution in [2.45, 2.75) is 6.61 Å². The van der Waals surface area contributed by atoms with Crippen molar-refractivity contribution in [2.75, 3.05) is 0 Å². The Labute approximate surface area is 66.9 Å². The van der Waals surface area contributed by atoms with Gasteiger partial charge in [-0.2, -0.15) is 0 Å². The van der Waals surface area contributed by atoms with Crippen molar-refractivity contribution < 1.29 is 5.11 Å². The van der Waals surface area contributed by atoms with E-state index in [9.17, 15) is 0 Å². The van der Waals surface area contributed by atoms with Gasteiger partial charge in [0.15, 0.2) is 0 Å². The second kappa shape index (κ2) is 2.66. The molecule has 0 saturated heterocycles. The van der Waals surface area contributed by atoms with Crippen LogP contribution in [0.1, 0.15) is 5.69 Å². The molecule has 1 rings (SSSR count). The molecule has 0 saturated carbocycles. The van der Waals surface area contributed by atoms with Crippen molar-refractivity contribution in [1.82, 2.24) is 9.55 Å². The average molecular weight is 238 g/mol. The molecule has 1 aromatic rings. The van der Waals surface area contributed by atoms with Crippen LogP contribution in [0.2, 0.25) is 0 Å². The zero-order valence-corrected chi connectivity index (χ0v) is 7.16. The number of hydrogen-bond acceptors (Lipinski definition) is 2. The maximum Gasteiger partial charge on any atom is 0.124 e. The fourth-order valence-corrected chi connectivity index (χ4v) is 1.28. The molecule has 0 aromatic carbocycles. The second-order valence-corrected chi connectivity index (χ2v) is 2.77. The minimum Gasteiger partial charge on any atom is -0.390 e. The fraction of sp³-hybridized carbons (Fsp3) is 0.400. The Balaban J connectivity index is 3.07. The highest BCUT2D eigenvalue weighted by atomic mass is 127. The van der Waals surface area contributed by atoms with E-state index in [-0.39, 0.29) is 6.61 Å². The van der Waals surface area contributed by atoms with Crippen LogP contribution in [0.3, 0.4) is 0 Å². The SMILES string of the molecule is Cn1cnc(I)c1CO. The molecule has 0 aliphatic heterocycles. The van der Waals surface area contributed by atoms with Gasteiger partial charge in [-0.3, -0.25) is 0 Å². The maximum absolute atomic E-state index is 8.72. The van der Waals surface area contributed by atoms with Crippen LogP contribution < -0.4 is 0 Å². The Morgan fingerprint density at radius 1 is 1.89 bits per heavy atom. The van der Waals surface area contributed by atoms with Crippen molar-refractivity contribution in [3.63, 3.8) is 0 Å². The van der Waals surface area contributed by atoms with Crippen LogP contribution in [0.25, 0.3) is 0 Å². The summed E-state index contributed by atoms with van der Waals surface area (Å²) in [6.07, 6.45) is 1.69. The summed E-state index contributed by atoms with van der Waals surface area (Å²) >= 11 is 2.09. The van der Waals surface area contributed by atoms with Gasteiger partial charge in [0.2, 0.25) is 0 Å². The molecule has 4 heteroatoms. The van der Waals surface area contributed by atoms with E-state index in [2.05, 4.69) is 27.6 Å². The molecule has 0 bridgehead atoms. The molecule has 0 fully saturated rings. The predicted octanol–water partition coefficient (Wildman–Crippen LogP) is 0.517. The van der Waals surface area contributed by atoms with Gasteiger partial charge in [-0.1, -0.05) is 0 Å². The highest BCUT2D eigenvalue weighted by molar-refractivity contribution is 14.1. The van der Waals surface area contributed by atoms with E-state index < -0.39 is 0 Å². The van der Waals surface area contributed by atoms with E-state index in [4.69, 9.17) is 5.11 Å². The van der Waals surface area contributed by atoms with Crippen LogP contribution in [-0.4, -0.2) is 14.7 Å². The Morgan fingerprint density at radius 2 is 2.56 bits per heavy atom. The van der Waals surface area contributed by atoms with Crippen LogP contribution in [0.4, 0.5) is 0 Å². The summed E-state index contributed by atoms with van der Waals surface area (Å²) in [5.74, 6) is 0. The molecule has 1 aromatic heterocycles. The summed E-state index contributed by atoms with van der Waals surface area (Å²) in [6.45, 7) is 0.0643. The van der Waals surface area contributed by atoms with E-state index in [1.165, 1.54) is 0 Å². The topological polar surface area (TPSA) is 38.0 Å². The van der Waals surface area contributed by atoms with Gasteiger partial charge in [0.1, 0.15) is 3.70 Å². The Hall–Kier alpha value is -0.100. The first-order chi connectivity index (χ1) is 4.25. The second-order valence-electron chi connectivity index (χ2n) is 1.75. The van der Waals surface area contributed by atoms with E-state index in [1.807, 2.05) is 11.6 Å². The summed E-state index contributed by atoms with van der Waals surface area (Å²) in [7, 11) is 1.86. The number of rotatable bonds is 1. The van der Waals surface area contributed by atoms with Crippen LogP contribution >= 0.6 is 22.6 Å². The predicted molar refractivity (Wildman–Crippen MR) is 41.8 cm³/mol. The van der Waals surface area contributed by atoms with Crippen LogP contribution in [0.5, 0.6) is 0 Å². The lowest BCUT2D eigenvalue weighted by Crippen LogP contribution is -1.95. The molecule has 3 nitrogen and oxygen atoms in total. The molecule has 0 radical (unpaired) electrons. The Kier molecular flexibility index (Phi) is 2.07. The molecule has 50 valence electrons. The van der Waals surface area contributed by atoms with Gasteiger partial charge < -0.3 is 9.67 Å². The lowest BCUT2D eigenvalue weighted by molar-refractivity contribution is 0.271. The number of aliphatic hydroxyl groups is 1. The lowest BCUT2D eigenvalue weighted by atomic mass is 10.5. The Morgan fingerprint density at radius 3 is 2.78 bits per heavy atom. The number of aryl methyl sites for hydroxylation is 1. The average Bonchev–Trinajstić information content (AvgIpc) is 2.12. The number of nitrogens with zero attached hydrogens (tertiary/aromatic N) is 2. The van der Waals surface area contributed by atoms with Crippen molar-refractivity contribution in [3.8, 4) is 0 Å². The minimum absolute atomic E-state index is 0.0643. The monoisotopic (exact) mass is 238 g/mol. The molecule has 0 amide bonds. The minimum atomic E-state index is 0.0643. The molecular formula is C5H7IN2O. The third-order valence-corrected chi connectivity index (χ3v) is 2.06. The van der Waals surface area contributed by atoms with Crippen molar-refractivity contribution in [2.24, 2.45) is 7.05 Å². The highest BCUT2D eigenvalue weighted by Gasteiger charge is 2.01. The third-order valence-electron chi connectivity index (χ3n) is 1.16. The fourth-order valence-electron chi connectivity index (χ4n) is 0.604. The summed E-state index contributed by atoms with van der Waals surface area (Å²) in [5.41, 5.74) is 0.871. The summed E-state index contributed by atoms with van der Waals surface area (Å²) in [6, 6.07) is 0. The van der Waals surface area contributed by atoms with E-state index in [1.54, 1.807) is 6.33 Å². The van der Waals surface area contributed by atoms with Gasteiger partial charge in [0, 0.05) is 7.05 Å². The number of hydrogen-bond donors (Lipinski definition) is 1. The highest BCUT2D eigenvalue weighted by Crippen LogP contribution is 2.07. The first-order valence-electron chi connectivity index (χ1n) is 2.52. The first-order valence-corrected chi connectivity index (χ1v) is 3.60. The molecule has 0 unspecified atom stereocenters. The van der Waals surface area contributed by atoms with Crippen molar-refractivity contribution in [3.05, 3.63) is 15.7 Å². The molecule has 1 N–H and O–H groups in total. The van der Waals surface area contributed by atoms with Gasteiger partial charge in [-0.25, -0.2) is 4.98 Å². The van der Waals surface area contributed by atoms with Gasteiger partial charge in [0.05, 0.1) is 18.6 Å². The van der Waals surface area contributed by atoms with Crippen LogP contribution in [0.15, 0.2) is 6.33 Å². The number of aromatic nitrogens is 2. The molecule has 0 aliphatic rings. The zero-order chi connectivity index (χ0) is 6.85. The van der Waals surface area contributed by atoms with E-state index >= 15 is 0 Å². The normalized spacial score (nSPS) is 10.1. The van der Waals surface area contributed by atoms with Gasteiger partial charge in [0.25, 0.3) is 0 Å². The smallest absolute Gasteiger partial charge is 0.124 e. The Bertz CT molecular complexity index is 189. The number of aliphatic hydroxyl groups excluding tert-OH is 1. The molecule has 9 heavy (non-hydrogen) atoms. The first kappa shape index (κ1) is 7.01. The molecular weight excluding hydrogens is 231 g/mol. The molecule has 0 atom stereocenters. The summed E-state index contributed by atoms with van der Waals surface area (Å²) in [5, 5.41) is 8.72. The quantitative estimate of drug-likeness (QED) is 0.724. The summed E-state index contributed by atoms with van der Waals surface area (Å²) < 4.78 is 2.68. The van der Waals surface area contributed by atoms with Crippen LogP contribution in [-0.2, 0) is 13.7 Å². The van der Waals surface area contributed by atoms with Crippen LogP contribution in [0, 0.1) is 3.70 Å².